The van der Waals surface area contributed by atoms with Gasteiger partial charge in [0.1, 0.15) is 0 Å². The Balaban J connectivity index is 1.84. The van der Waals surface area contributed by atoms with E-state index in [0.29, 0.717) is 0 Å². The van der Waals surface area contributed by atoms with E-state index in [1.165, 1.54) is 16.7 Å². The molecule has 1 aromatic carbocycles. The third kappa shape index (κ3) is 2.26. The lowest BCUT2D eigenvalue weighted by atomic mass is 9.98. The average molecular weight is 224 g/mol. The summed E-state index contributed by atoms with van der Waals surface area (Å²) in [4.78, 5) is 2.50. The normalized spacial score (nSPS) is 18.4. The largest absolute Gasteiger partial charge is 0.314 e. The summed E-state index contributed by atoms with van der Waals surface area (Å²) in [6, 6.07) is 6.49. The van der Waals surface area contributed by atoms with Crippen LogP contribution in [0.5, 0.6) is 0 Å². The average Bonchev–Trinajstić information content (AvgIpc) is 2.40. The molecule has 0 aromatic heterocycles. The van der Waals surface area contributed by atoms with Gasteiger partial charge in [-0.05, 0) is 28.8 Å². The fourth-order valence-corrected chi connectivity index (χ4v) is 2.42. The van der Waals surface area contributed by atoms with Crippen molar-refractivity contribution in [3.8, 4) is 0 Å². The summed E-state index contributed by atoms with van der Waals surface area (Å²) >= 11 is 0. The second kappa shape index (κ2) is 4.75. The van der Waals surface area contributed by atoms with Crippen molar-refractivity contribution in [2.24, 2.45) is 0 Å². The number of fused-ring (bicyclic) bond motifs is 1. The summed E-state index contributed by atoms with van der Waals surface area (Å²) in [5.41, 5.74) is 10.0. The van der Waals surface area contributed by atoms with Crippen LogP contribution in [0.25, 0.3) is 12.2 Å². The van der Waals surface area contributed by atoms with E-state index in [1.807, 2.05) is 12.2 Å². The van der Waals surface area contributed by atoms with Crippen molar-refractivity contribution in [3.63, 3.8) is 0 Å². The number of hydrogen-bond acceptors (Lipinski definition) is 2. The minimum atomic E-state index is 1.04. The standard InChI is InChI=1S/C15H16N2/c1-2-7-15-13(4-1)5-3-6-14(15)12-17-10-8-16-9-11-17/h3-7,16H,8-12H2. The number of nitrogens with one attached hydrogen (secondary N) is 1. The summed E-state index contributed by atoms with van der Waals surface area (Å²) in [6.45, 7) is 5.52. The van der Waals surface area contributed by atoms with Gasteiger partial charge in [0.2, 0.25) is 0 Å². The summed E-state index contributed by atoms with van der Waals surface area (Å²) < 4.78 is 0. The van der Waals surface area contributed by atoms with Gasteiger partial charge in [-0.2, -0.15) is 0 Å². The summed E-state index contributed by atoms with van der Waals surface area (Å²) in [5.74, 6) is 0. The topological polar surface area (TPSA) is 15.3 Å². The van der Waals surface area contributed by atoms with Crippen molar-refractivity contribution in [2.45, 2.75) is 6.54 Å². The van der Waals surface area contributed by atoms with Gasteiger partial charge in [-0.3, -0.25) is 4.90 Å². The lowest BCUT2D eigenvalue weighted by Crippen LogP contribution is -2.43. The van der Waals surface area contributed by atoms with Crippen LogP contribution in [0.3, 0.4) is 0 Å². The maximum atomic E-state index is 3.38. The molecule has 86 valence electrons. The highest BCUT2D eigenvalue weighted by atomic mass is 15.2. The van der Waals surface area contributed by atoms with Crippen LogP contribution in [0.1, 0.15) is 16.7 Å². The third-order valence-corrected chi connectivity index (χ3v) is 3.36. The molecule has 1 heterocycles. The number of piperazine rings is 1. The van der Waals surface area contributed by atoms with Gasteiger partial charge in [-0.1, -0.05) is 29.7 Å². The molecule has 0 bridgehead atoms. The molecule has 2 heteroatoms. The Bertz CT molecular complexity index is 512. The Kier molecular flexibility index (Phi) is 2.96. The Morgan fingerprint density at radius 3 is 2.82 bits per heavy atom. The third-order valence-electron chi connectivity index (χ3n) is 3.36. The first-order chi connectivity index (χ1) is 8.43. The van der Waals surface area contributed by atoms with Crippen LogP contribution in [0.2, 0.25) is 0 Å². The molecule has 1 N–H and O–H groups in total. The van der Waals surface area contributed by atoms with Crippen molar-refractivity contribution in [2.75, 3.05) is 26.2 Å². The summed E-state index contributed by atoms with van der Waals surface area (Å²) in [7, 11) is 0. The number of hydrogen-bond donors (Lipinski definition) is 1. The van der Waals surface area contributed by atoms with Crippen molar-refractivity contribution >= 4 is 12.2 Å². The fraction of sp³-hybridized carbons (Fsp3) is 0.333. The lowest BCUT2D eigenvalue weighted by molar-refractivity contribution is 0.233. The molecule has 2 aliphatic rings. The maximum Gasteiger partial charge on any atom is 0.0241 e. The van der Waals surface area contributed by atoms with Crippen molar-refractivity contribution in [1.29, 1.82) is 0 Å². The van der Waals surface area contributed by atoms with Gasteiger partial charge in [-0.25, -0.2) is 0 Å². The predicted molar refractivity (Wildman–Crippen MR) is 70.5 cm³/mol. The molecule has 3 rings (SSSR count). The Morgan fingerprint density at radius 1 is 1.12 bits per heavy atom. The molecule has 1 aliphatic carbocycles. The zero-order chi connectivity index (χ0) is 11.5. The molecule has 0 amide bonds. The Labute approximate surface area is 102 Å². The van der Waals surface area contributed by atoms with Gasteiger partial charge < -0.3 is 5.32 Å². The summed E-state index contributed by atoms with van der Waals surface area (Å²) in [5, 5.41) is 3.38. The van der Waals surface area contributed by atoms with Crippen LogP contribution in [-0.4, -0.2) is 31.1 Å². The van der Waals surface area contributed by atoms with Crippen molar-refractivity contribution in [1.82, 2.24) is 10.2 Å². The first-order valence-electron chi connectivity index (χ1n) is 6.16. The molecule has 1 aliphatic heterocycles. The highest BCUT2D eigenvalue weighted by Crippen LogP contribution is 2.21. The highest BCUT2D eigenvalue weighted by Gasteiger charge is 2.12. The molecule has 0 radical (unpaired) electrons. The van der Waals surface area contributed by atoms with Gasteiger partial charge in [-0.15, -0.1) is 0 Å². The van der Waals surface area contributed by atoms with E-state index in [9.17, 15) is 0 Å². The van der Waals surface area contributed by atoms with E-state index >= 15 is 0 Å². The minimum absolute atomic E-state index is 1.04. The first-order valence-corrected chi connectivity index (χ1v) is 6.16. The van der Waals surface area contributed by atoms with Crippen LogP contribution >= 0.6 is 0 Å². The summed E-state index contributed by atoms with van der Waals surface area (Å²) in [6.07, 6.45) is 4.06. The fourth-order valence-electron chi connectivity index (χ4n) is 2.42. The van der Waals surface area contributed by atoms with Crippen molar-refractivity contribution in [3.05, 3.63) is 46.4 Å². The van der Waals surface area contributed by atoms with Gasteiger partial charge >= 0.3 is 0 Å². The quantitative estimate of drug-likeness (QED) is 0.784. The van der Waals surface area contributed by atoms with E-state index < -0.39 is 0 Å². The van der Waals surface area contributed by atoms with E-state index in [-0.39, 0.29) is 0 Å². The number of nitrogens with zero attached hydrogens (tertiary/aromatic N) is 1. The molecule has 2 nitrogen and oxygen atoms in total. The molecular formula is C15H16N2. The molecule has 0 saturated carbocycles. The highest BCUT2D eigenvalue weighted by molar-refractivity contribution is 5.70. The van der Waals surface area contributed by atoms with E-state index in [4.69, 9.17) is 0 Å². The van der Waals surface area contributed by atoms with Crippen LogP contribution in [0, 0.1) is 0 Å². The monoisotopic (exact) mass is 224 g/mol. The van der Waals surface area contributed by atoms with Crippen LogP contribution in [0.4, 0.5) is 0 Å². The minimum Gasteiger partial charge on any atom is -0.314 e. The van der Waals surface area contributed by atoms with E-state index in [2.05, 4.69) is 39.9 Å². The molecule has 0 unspecified atom stereocenters. The molecule has 1 aromatic rings. The zero-order valence-corrected chi connectivity index (χ0v) is 9.87. The first kappa shape index (κ1) is 10.6. The number of benzene rings is 1. The maximum absolute atomic E-state index is 3.38. The molecule has 0 spiro atoms. The Hall–Kier alpha value is -1.56. The van der Waals surface area contributed by atoms with Gasteiger partial charge in [0.05, 0.1) is 0 Å². The van der Waals surface area contributed by atoms with Crippen molar-refractivity contribution < 1.29 is 0 Å². The smallest absolute Gasteiger partial charge is 0.0241 e. The molecule has 1 fully saturated rings. The van der Waals surface area contributed by atoms with Crippen LogP contribution < -0.4 is 5.32 Å². The molecule has 1 saturated heterocycles. The molecule has 17 heavy (non-hydrogen) atoms. The second-order valence-corrected chi connectivity index (χ2v) is 4.52. The SMILES string of the molecule is C1=C=Cc2c(cccc2CN2CCNCC2)C=1. The van der Waals surface area contributed by atoms with Gasteiger partial charge in [0.15, 0.2) is 0 Å². The van der Waals surface area contributed by atoms with Crippen LogP contribution in [-0.2, 0) is 6.54 Å². The van der Waals surface area contributed by atoms with Crippen LogP contribution in [0.15, 0.2) is 29.7 Å². The van der Waals surface area contributed by atoms with E-state index in [0.717, 1.165) is 32.7 Å². The molecule has 0 atom stereocenters. The predicted octanol–water partition coefficient (Wildman–Crippen LogP) is 1.89. The Morgan fingerprint density at radius 2 is 1.94 bits per heavy atom. The van der Waals surface area contributed by atoms with Gasteiger partial charge in [0.25, 0.3) is 0 Å². The number of rotatable bonds is 2. The lowest BCUT2D eigenvalue weighted by Gasteiger charge is -2.28. The van der Waals surface area contributed by atoms with Gasteiger partial charge in [0, 0.05) is 32.7 Å². The molecular weight excluding hydrogens is 208 g/mol. The zero-order valence-electron chi connectivity index (χ0n) is 9.87. The second-order valence-electron chi connectivity index (χ2n) is 4.52. The van der Waals surface area contributed by atoms with E-state index in [1.54, 1.807) is 0 Å².